The lowest BCUT2D eigenvalue weighted by atomic mass is 9.96. The molecule has 1 rings (SSSR count). The summed E-state index contributed by atoms with van der Waals surface area (Å²) < 4.78 is 0. The summed E-state index contributed by atoms with van der Waals surface area (Å²) in [6.45, 7) is 4.30. The Morgan fingerprint density at radius 1 is 1.29 bits per heavy atom. The average Bonchev–Trinajstić information content (AvgIpc) is 2.91. The van der Waals surface area contributed by atoms with Crippen LogP contribution >= 0.6 is 0 Å². The van der Waals surface area contributed by atoms with Gasteiger partial charge in [0.2, 0.25) is 0 Å². The summed E-state index contributed by atoms with van der Waals surface area (Å²) in [7, 11) is 4.06. The van der Waals surface area contributed by atoms with Crippen molar-refractivity contribution in [3.8, 4) is 0 Å². The molecule has 0 aromatic rings. The molecule has 122 valence electrons. The van der Waals surface area contributed by atoms with E-state index in [1.54, 1.807) is 0 Å². The molecule has 0 radical (unpaired) electrons. The maximum absolute atomic E-state index is 12.0. The number of amides is 2. The largest absolute Gasteiger partial charge is 0.480 e. The third-order valence-electron chi connectivity index (χ3n) is 4.83. The highest BCUT2D eigenvalue weighted by Gasteiger charge is 2.36. The van der Waals surface area contributed by atoms with E-state index in [-0.39, 0.29) is 11.5 Å². The van der Waals surface area contributed by atoms with E-state index in [1.165, 1.54) is 12.8 Å². The van der Waals surface area contributed by atoms with Gasteiger partial charge in [0.25, 0.3) is 0 Å². The van der Waals surface area contributed by atoms with Crippen molar-refractivity contribution in [3.63, 3.8) is 0 Å². The molecule has 1 fully saturated rings. The first-order valence-electron chi connectivity index (χ1n) is 7.77. The Hall–Kier alpha value is -1.30. The smallest absolute Gasteiger partial charge is 0.326 e. The highest BCUT2D eigenvalue weighted by molar-refractivity contribution is 5.82. The minimum atomic E-state index is -0.984. The molecular weight excluding hydrogens is 270 g/mol. The lowest BCUT2D eigenvalue weighted by Crippen LogP contribution is -2.55. The molecule has 0 bridgehead atoms. The molecule has 2 amide bonds. The van der Waals surface area contributed by atoms with Gasteiger partial charge in [-0.15, -0.1) is 0 Å². The summed E-state index contributed by atoms with van der Waals surface area (Å²) in [5.41, 5.74) is 0.00638. The Morgan fingerprint density at radius 2 is 1.86 bits per heavy atom. The van der Waals surface area contributed by atoms with Crippen LogP contribution in [0.5, 0.6) is 0 Å². The molecule has 6 heteroatoms. The van der Waals surface area contributed by atoms with Crippen LogP contribution in [0.1, 0.15) is 46.0 Å². The van der Waals surface area contributed by atoms with E-state index < -0.39 is 18.0 Å². The molecule has 1 aliphatic carbocycles. The second-order valence-electron chi connectivity index (χ2n) is 6.35. The molecule has 21 heavy (non-hydrogen) atoms. The molecule has 0 saturated heterocycles. The van der Waals surface area contributed by atoms with Crippen LogP contribution in [-0.2, 0) is 4.79 Å². The third kappa shape index (κ3) is 4.59. The number of carbonyl (C=O) groups is 2. The van der Waals surface area contributed by atoms with Gasteiger partial charge in [0.15, 0.2) is 0 Å². The fourth-order valence-electron chi connectivity index (χ4n) is 2.94. The van der Waals surface area contributed by atoms with Crippen molar-refractivity contribution < 1.29 is 14.7 Å². The lowest BCUT2D eigenvalue weighted by molar-refractivity contribution is -0.140. The van der Waals surface area contributed by atoms with Crippen LogP contribution in [0.4, 0.5) is 4.79 Å². The maximum Gasteiger partial charge on any atom is 0.326 e. The predicted octanol–water partition coefficient (Wildman–Crippen LogP) is 1.66. The second-order valence-corrected chi connectivity index (χ2v) is 6.35. The molecular formula is C15H29N3O3. The van der Waals surface area contributed by atoms with Crippen molar-refractivity contribution in [1.29, 1.82) is 0 Å². The lowest BCUT2D eigenvalue weighted by Gasteiger charge is -2.36. The number of carboxylic acids is 1. The molecule has 3 N–H and O–H groups in total. The Balaban J connectivity index is 2.54. The summed E-state index contributed by atoms with van der Waals surface area (Å²) in [5, 5.41) is 14.6. The average molecular weight is 299 g/mol. The van der Waals surface area contributed by atoms with Gasteiger partial charge in [0.05, 0.1) is 0 Å². The highest BCUT2D eigenvalue weighted by Crippen LogP contribution is 2.33. The summed E-state index contributed by atoms with van der Waals surface area (Å²) in [6, 6.07) is -1.23. The van der Waals surface area contributed by atoms with Gasteiger partial charge < -0.3 is 20.6 Å². The van der Waals surface area contributed by atoms with E-state index in [9.17, 15) is 14.7 Å². The number of carboxylic acid groups (broad SMARTS) is 1. The minimum Gasteiger partial charge on any atom is -0.480 e. The zero-order chi connectivity index (χ0) is 16.0. The van der Waals surface area contributed by atoms with Crippen molar-refractivity contribution in [2.45, 2.75) is 57.5 Å². The number of rotatable bonds is 7. The van der Waals surface area contributed by atoms with Crippen LogP contribution in [-0.4, -0.2) is 54.2 Å². The van der Waals surface area contributed by atoms with Gasteiger partial charge in [-0.2, -0.15) is 0 Å². The van der Waals surface area contributed by atoms with Crippen LogP contribution in [0.15, 0.2) is 0 Å². The number of nitrogens with zero attached hydrogens (tertiary/aromatic N) is 1. The minimum absolute atomic E-state index is 0.00638. The number of hydrogen-bond donors (Lipinski definition) is 3. The van der Waals surface area contributed by atoms with Gasteiger partial charge in [0.1, 0.15) is 6.04 Å². The van der Waals surface area contributed by atoms with E-state index in [2.05, 4.69) is 15.5 Å². The fraction of sp³-hybridized carbons (Fsp3) is 0.867. The molecule has 0 aromatic heterocycles. The molecule has 0 spiro atoms. The number of hydrogen-bond acceptors (Lipinski definition) is 3. The Kier molecular flexibility index (Phi) is 6.45. The Morgan fingerprint density at radius 3 is 2.29 bits per heavy atom. The highest BCUT2D eigenvalue weighted by atomic mass is 16.4. The van der Waals surface area contributed by atoms with Crippen LogP contribution in [0.2, 0.25) is 0 Å². The van der Waals surface area contributed by atoms with E-state index in [4.69, 9.17) is 0 Å². The zero-order valence-electron chi connectivity index (χ0n) is 13.6. The Labute approximate surface area is 127 Å². The van der Waals surface area contributed by atoms with Crippen molar-refractivity contribution in [2.75, 3.05) is 20.6 Å². The topological polar surface area (TPSA) is 81.7 Å². The van der Waals surface area contributed by atoms with Gasteiger partial charge in [0, 0.05) is 12.1 Å². The van der Waals surface area contributed by atoms with E-state index in [0.717, 1.165) is 12.8 Å². The first-order valence-corrected chi connectivity index (χ1v) is 7.77. The van der Waals surface area contributed by atoms with Gasteiger partial charge in [-0.05, 0) is 32.9 Å². The van der Waals surface area contributed by atoms with Gasteiger partial charge in [-0.3, -0.25) is 0 Å². The van der Waals surface area contributed by atoms with Crippen LogP contribution < -0.4 is 10.6 Å². The summed E-state index contributed by atoms with van der Waals surface area (Å²) in [6.07, 6.45) is 5.18. The van der Waals surface area contributed by atoms with Crippen LogP contribution in [0, 0.1) is 5.92 Å². The van der Waals surface area contributed by atoms with Crippen molar-refractivity contribution >= 4 is 12.0 Å². The molecule has 0 aromatic carbocycles. The van der Waals surface area contributed by atoms with Crippen LogP contribution in [0.3, 0.4) is 0 Å². The normalized spacial score (nSPS) is 20.0. The summed E-state index contributed by atoms with van der Waals surface area (Å²) in [4.78, 5) is 25.4. The molecule has 1 saturated carbocycles. The number of urea groups is 1. The van der Waals surface area contributed by atoms with Crippen molar-refractivity contribution in [2.24, 2.45) is 5.92 Å². The maximum atomic E-state index is 12.0. The number of likely N-dealkylation sites (N-methyl/N-ethyl adjacent to an activating group) is 1. The number of nitrogens with one attached hydrogen (secondary N) is 2. The third-order valence-corrected chi connectivity index (χ3v) is 4.83. The molecule has 1 unspecified atom stereocenters. The summed E-state index contributed by atoms with van der Waals surface area (Å²) >= 11 is 0. The number of carbonyl (C=O) groups excluding carboxylic acids is 1. The quantitative estimate of drug-likeness (QED) is 0.668. The van der Waals surface area contributed by atoms with Gasteiger partial charge in [-0.25, -0.2) is 9.59 Å². The summed E-state index contributed by atoms with van der Waals surface area (Å²) in [5.74, 6) is -1.08. The second kappa shape index (κ2) is 7.64. The van der Waals surface area contributed by atoms with Gasteiger partial charge in [-0.1, -0.05) is 33.1 Å². The molecule has 1 aliphatic rings. The predicted molar refractivity (Wildman–Crippen MR) is 82.3 cm³/mol. The molecule has 0 aliphatic heterocycles. The van der Waals surface area contributed by atoms with E-state index in [0.29, 0.717) is 13.0 Å². The SMILES string of the molecule is CCC(C)[C@H](NC(=O)NCC1(N(C)C)CCCC1)C(=O)O. The monoisotopic (exact) mass is 299 g/mol. The molecule has 0 heterocycles. The van der Waals surface area contributed by atoms with Crippen molar-refractivity contribution in [3.05, 3.63) is 0 Å². The van der Waals surface area contributed by atoms with E-state index >= 15 is 0 Å². The first-order chi connectivity index (χ1) is 9.82. The first kappa shape index (κ1) is 17.8. The Bertz CT molecular complexity index is 365. The van der Waals surface area contributed by atoms with Crippen LogP contribution in [0.25, 0.3) is 0 Å². The van der Waals surface area contributed by atoms with Crippen molar-refractivity contribution in [1.82, 2.24) is 15.5 Å². The van der Waals surface area contributed by atoms with Gasteiger partial charge >= 0.3 is 12.0 Å². The number of aliphatic carboxylic acids is 1. The standard InChI is InChI=1S/C15H29N3O3/c1-5-11(2)12(13(19)20)17-14(21)16-10-15(18(3)4)8-6-7-9-15/h11-12H,5-10H2,1-4H3,(H,19,20)(H2,16,17,21)/t11?,12-/m0/s1. The molecule has 2 atom stereocenters. The zero-order valence-corrected chi connectivity index (χ0v) is 13.6. The fourth-order valence-corrected chi connectivity index (χ4v) is 2.94. The van der Waals surface area contributed by atoms with E-state index in [1.807, 2.05) is 27.9 Å². The molecule has 6 nitrogen and oxygen atoms in total.